The predicted octanol–water partition coefficient (Wildman–Crippen LogP) is 0.182. The summed E-state index contributed by atoms with van der Waals surface area (Å²) in [5.74, 6) is 0.364. The summed E-state index contributed by atoms with van der Waals surface area (Å²) in [5.41, 5.74) is 5.03. The normalized spacial score (nSPS) is 12.5. The van der Waals surface area contributed by atoms with Gasteiger partial charge in [-0.25, -0.2) is 4.98 Å². The Kier molecular flexibility index (Phi) is 3.27. The van der Waals surface area contributed by atoms with Crippen molar-refractivity contribution in [1.29, 1.82) is 0 Å². The van der Waals surface area contributed by atoms with Crippen molar-refractivity contribution in [2.45, 2.75) is 13.0 Å². The Hall–Kier alpha value is -1.07. The van der Waals surface area contributed by atoms with Gasteiger partial charge >= 0.3 is 0 Å². The molecule has 1 unspecified atom stereocenters. The van der Waals surface area contributed by atoms with Gasteiger partial charge in [-0.2, -0.15) is 0 Å². The van der Waals surface area contributed by atoms with Crippen LogP contribution in [0, 0.1) is 0 Å². The molecule has 1 rings (SSSR count). The van der Waals surface area contributed by atoms with Gasteiger partial charge in [0.1, 0.15) is 5.02 Å². The second kappa shape index (κ2) is 4.25. The molecule has 0 saturated carbocycles. The third-order valence-corrected chi connectivity index (χ3v) is 1.88. The molecule has 0 aliphatic carbocycles. The fourth-order valence-corrected chi connectivity index (χ4v) is 0.934. The third kappa shape index (κ3) is 2.43. The van der Waals surface area contributed by atoms with E-state index in [0.29, 0.717) is 12.4 Å². The molecule has 0 saturated heterocycles. The first-order valence-electron chi connectivity index (χ1n) is 3.85. The largest absolute Gasteiger partial charge is 0.365 e. The smallest absolute Gasteiger partial charge is 0.271 e. The standard InChI is InChI=1S/C7H11ClN4O/c1-4(2-9)12-6-5(8)7(13)11-3-10-6/h3-4H,2,9H2,1H3,(H2,10,11,12,13). The SMILES string of the molecule is CC(CN)Nc1nc[nH]c(=O)c1Cl. The number of hydrogen-bond donors (Lipinski definition) is 3. The van der Waals surface area contributed by atoms with Gasteiger partial charge in [-0.05, 0) is 6.92 Å². The summed E-state index contributed by atoms with van der Waals surface area (Å²) in [4.78, 5) is 17.2. The first-order valence-corrected chi connectivity index (χ1v) is 4.22. The Morgan fingerprint density at radius 1 is 1.85 bits per heavy atom. The third-order valence-electron chi connectivity index (χ3n) is 1.53. The van der Waals surface area contributed by atoms with E-state index in [2.05, 4.69) is 15.3 Å². The van der Waals surface area contributed by atoms with Gasteiger partial charge in [-0.3, -0.25) is 4.79 Å². The van der Waals surface area contributed by atoms with Crippen LogP contribution < -0.4 is 16.6 Å². The summed E-state index contributed by atoms with van der Waals surface area (Å²) >= 11 is 5.68. The number of aromatic nitrogens is 2. The van der Waals surface area contributed by atoms with Gasteiger partial charge in [0.15, 0.2) is 5.82 Å². The molecule has 4 N–H and O–H groups in total. The van der Waals surface area contributed by atoms with Gasteiger partial charge in [-0.1, -0.05) is 11.6 Å². The highest BCUT2D eigenvalue weighted by molar-refractivity contribution is 6.32. The van der Waals surface area contributed by atoms with Gasteiger partial charge in [0.05, 0.1) is 6.33 Å². The van der Waals surface area contributed by atoms with E-state index >= 15 is 0 Å². The van der Waals surface area contributed by atoms with E-state index in [0.717, 1.165) is 0 Å². The number of nitrogens with zero attached hydrogens (tertiary/aromatic N) is 1. The minimum Gasteiger partial charge on any atom is -0.365 e. The predicted molar refractivity (Wildman–Crippen MR) is 52.0 cm³/mol. The lowest BCUT2D eigenvalue weighted by Gasteiger charge is -2.11. The summed E-state index contributed by atoms with van der Waals surface area (Å²) in [5, 5.41) is 2.97. The van der Waals surface area contributed by atoms with Crippen molar-refractivity contribution < 1.29 is 0 Å². The molecule has 0 amide bonds. The van der Waals surface area contributed by atoms with Crippen molar-refractivity contribution in [2.75, 3.05) is 11.9 Å². The maximum absolute atomic E-state index is 11.0. The molecule has 6 heteroatoms. The van der Waals surface area contributed by atoms with E-state index in [1.54, 1.807) is 0 Å². The lowest BCUT2D eigenvalue weighted by atomic mass is 10.3. The van der Waals surface area contributed by atoms with Crippen molar-refractivity contribution in [3.8, 4) is 0 Å². The molecule has 0 fully saturated rings. The molecule has 1 aromatic heterocycles. The van der Waals surface area contributed by atoms with Crippen molar-refractivity contribution in [1.82, 2.24) is 9.97 Å². The van der Waals surface area contributed by atoms with E-state index in [1.807, 2.05) is 6.92 Å². The van der Waals surface area contributed by atoms with Gasteiger partial charge in [0.25, 0.3) is 5.56 Å². The van der Waals surface area contributed by atoms with Crippen molar-refractivity contribution in [3.63, 3.8) is 0 Å². The van der Waals surface area contributed by atoms with Gasteiger partial charge in [0.2, 0.25) is 0 Å². The zero-order chi connectivity index (χ0) is 9.84. The number of nitrogens with two attached hydrogens (primary N) is 1. The lowest BCUT2D eigenvalue weighted by Crippen LogP contribution is -2.26. The zero-order valence-electron chi connectivity index (χ0n) is 7.17. The molecule has 1 heterocycles. The fraction of sp³-hybridized carbons (Fsp3) is 0.429. The molecule has 0 spiro atoms. The summed E-state index contributed by atoms with van der Waals surface area (Å²) in [6, 6.07) is 0.0341. The topological polar surface area (TPSA) is 83.8 Å². The van der Waals surface area contributed by atoms with Crippen molar-refractivity contribution in [2.24, 2.45) is 5.73 Å². The minimum atomic E-state index is -0.358. The van der Waals surface area contributed by atoms with Gasteiger partial charge < -0.3 is 16.0 Å². The second-order valence-electron chi connectivity index (χ2n) is 2.68. The fourth-order valence-electron chi connectivity index (χ4n) is 0.776. The molecule has 0 aromatic carbocycles. The van der Waals surface area contributed by atoms with Crippen LogP contribution in [0.5, 0.6) is 0 Å². The van der Waals surface area contributed by atoms with E-state index < -0.39 is 0 Å². The Labute approximate surface area is 80.3 Å². The van der Waals surface area contributed by atoms with Crippen LogP contribution in [0.25, 0.3) is 0 Å². The Balaban J connectivity index is 2.89. The number of hydrogen-bond acceptors (Lipinski definition) is 4. The van der Waals surface area contributed by atoms with E-state index in [9.17, 15) is 4.79 Å². The monoisotopic (exact) mass is 202 g/mol. The van der Waals surface area contributed by atoms with Crippen LogP contribution in [-0.4, -0.2) is 22.6 Å². The Bertz CT molecular complexity index is 338. The molecular formula is C7H11ClN4O. The number of H-pyrrole nitrogens is 1. The van der Waals surface area contributed by atoms with Gasteiger partial charge in [-0.15, -0.1) is 0 Å². The molecule has 1 aromatic rings. The Morgan fingerprint density at radius 2 is 2.54 bits per heavy atom. The number of anilines is 1. The molecule has 72 valence electrons. The van der Waals surface area contributed by atoms with Crippen molar-refractivity contribution in [3.05, 3.63) is 21.7 Å². The molecule has 0 bridgehead atoms. The summed E-state index contributed by atoms with van der Waals surface area (Å²) in [7, 11) is 0. The van der Waals surface area contributed by atoms with Crippen LogP contribution >= 0.6 is 11.6 Å². The number of aromatic amines is 1. The van der Waals surface area contributed by atoms with Crippen LogP contribution in [0.15, 0.2) is 11.1 Å². The van der Waals surface area contributed by atoms with Crippen LogP contribution in [0.1, 0.15) is 6.92 Å². The average molecular weight is 203 g/mol. The Morgan fingerprint density at radius 3 is 3.15 bits per heavy atom. The minimum absolute atomic E-state index is 0.0341. The number of nitrogens with one attached hydrogen (secondary N) is 2. The molecule has 0 radical (unpaired) electrons. The van der Waals surface area contributed by atoms with E-state index in [-0.39, 0.29) is 16.6 Å². The number of rotatable bonds is 3. The first kappa shape index (κ1) is 10.0. The summed E-state index contributed by atoms with van der Waals surface area (Å²) in [6.07, 6.45) is 1.29. The van der Waals surface area contributed by atoms with Crippen LogP contribution in [0.4, 0.5) is 5.82 Å². The van der Waals surface area contributed by atoms with Crippen molar-refractivity contribution >= 4 is 17.4 Å². The second-order valence-corrected chi connectivity index (χ2v) is 3.05. The summed E-state index contributed by atoms with van der Waals surface area (Å²) in [6.45, 7) is 2.32. The molecule has 1 atom stereocenters. The van der Waals surface area contributed by atoms with Crippen LogP contribution in [0.2, 0.25) is 5.02 Å². The van der Waals surface area contributed by atoms with Crippen LogP contribution in [-0.2, 0) is 0 Å². The average Bonchev–Trinajstić information content (AvgIpc) is 2.13. The first-order chi connectivity index (χ1) is 6.15. The highest BCUT2D eigenvalue weighted by atomic mass is 35.5. The summed E-state index contributed by atoms with van der Waals surface area (Å²) < 4.78 is 0. The maximum atomic E-state index is 11.0. The number of halogens is 1. The molecule has 0 aliphatic rings. The maximum Gasteiger partial charge on any atom is 0.271 e. The van der Waals surface area contributed by atoms with Crippen LogP contribution in [0.3, 0.4) is 0 Å². The molecule has 0 aliphatic heterocycles. The van der Waals surface area contributed by atoms with E-state index in [1.165, 1.54) is 6.33 Å². The highest BCUT2D eigenvalue weighted by Crippen LogP contribution is 2.12. The quantitative estimate of drug-likeness (QED) is 0.653. The van der Waals surface area contributed by atoms with E-state index in [4.69, 9.17) is 17.3 Å². The lowest BCUT2D eigenvalue weighted by molar-refractivity contribution is 0.796. The van der Waals surface area contributed by atoms with Gasteiger partial charge in [0, 0.05) is 12.6 Å². The highest BCUT2D eigenvalue weighted by Gasteiger charge is 2.07. The molecule has 5 nitrogen and oxygen atoms in total. The zero-order valence-corrected chi connectivity index (χ0v) is 7.93. The molecular weight excluding hydrogens is 192 g/mol. The molecule has 13 heavy (non-hydrogen) atoms.